The molecule has 2 aromatic heterocycles. The van der Waals surface area contributed by atoms with Crippen LogP contribution in [0.5, 0.6) is 0 Å². The summed E-state index contributed by atoms with van der Waals surface area (Å²) in [6.45, 7) is 2.63. The van der Waals surface area contributed by atoms with Gasteiger partial charge in [0.1, 0.15) is 5.56 Å². The Kier molecular flexibility index (Phi) is 5.21. The van der Waals surface area contributed by atoms with Gasteiger partial charge in [0.25, 0.3) is 11.5 Å². The second kappa shape index (κ2) is 7.94. The van der Waals surface area contributed by atoms with Gasteiger partial charge in [-0.15, -0.1) is 0 Å². The van der Waals surface area contributed by atoms with Crippen molar-refractivity contribution in [2.45, 2.75) is 25.4 Å². The number of fused-ring (bicyclic) bond motifs is 1. The Morgan fingerprint density at radius 3 is 2.64 bits per heavy atom. The van der Waals surface area contributed by atoms with Crippen molar-refractivity contribution in [1.29, 1.82) is 0 Å². The second-order valence-corrected chi connectivity index (χ2v) is 7.33. The highest BCUT2D eigenvalue weighted by Gasteiger charge is 2.23. The van der Waals surface area contributed by atoms with Crippen molar-refractivity contribution < 1.29 is 4.79 Å². The number of para-hydroxylation sites is 1. The first kappa shape index (κ1) is 18.4. The van der Waals surface area contributed by atoms with E-state index in [2.05, 4.69) is 15.2 Å². The molecular weight excluding hydrogens is 352 g/mol. The number of aryl methyl sites for hydroxylation is 1. The number of rotatable bonds is 4. The van der Waals surface area contributed by atoms with Gasteiger partial charge in [-0.05, 0) is 42.5 Å². The second-order valence-electron chi connectivity index (χ2n) is 7.33. The highest BCUT2D eigenvalue weighted by molar-refractivity contribution is 5.97. The normalized spacial score (nSPS) is 15.6. The van der Waals surface area contributed by atoms with Gasteiger partial charge in [-0.2, -0.15) is 0 Å². The van der Waals surface area contributed by atoms with Crippen LogP contribution in [0.15, 0.2) is 59.5 Å². The van der Waals surface area contributed by atoms with E-state index in [1.807, 2.05) is 48.7 Å². The van der Waals surface area contributed by atoms with Gasteiger partial charge in [-0.1, -0.05) is 24.3 Å². The van der Waals surface area contributed by atoms with Crippen molar-refractivity contribution in [2.24, 2.45) is 7.05 Å². The van der Waals surface area contributed by atoms with Crippen molar-refractivity contribution in [3.05, 3.63) is 76.3 Å². The SMILES string of the molecule is Cn1c(=O)c(C(=O)NC2CCN(Cc3ccccn3)CC2)cc2ccccc21. The van der Waals surface area contributed by atoms with Crippen LogP contribution >= 0.6 is 0 Å². The van der Waals surface area contributed by atoms with Gasteiger partial charge >= 0.3 is 0 Å². The molecule has 4 rings (SSSR count). The zero-order valence-corrected chi connectivity index (χ0v) is 16.0. The summed E-state index contributed by atoms with van der Waals surface area (Å²) in [6.07, 6.45) is 3.55. The van der Waals surface area contributed by atoms with Crippen molar-refractivity contribution in [1.82, 2.24) is 19.8 Å². The van der Waals surface area contributed by atoms with E-state index in [9.17, 15) is 9.59 Å². The number of aromatic nitrogens is 2. The molecule has 0 saturated carbocycles. The van der Waals surface area contributed by atoms with E-state index in [4.69, 9.17) is 0 Å². The van der Waals surface area contributed by atoms with Crippen LogP contribution in [0, 0.1) is 0 Å². The molecule has 3 aromatic rings. The fourth-order valence-corrected chi connectivity index (χ4v) is 3.80. The molecular formula is C22H24N4O2. The topological polar surface area (TPSA) is 67.2 Å². The summed E-state index contributed by atoms with van der Waals surface area (Å²) in [6, 6.07) is 15.3. The van der Waals surface area contributed by atoms with Crippen LogP contribution < -0.4 is 10.9 Å². The summed E-state index contributed by atoms with van der Waals surface area (Å²) in [5.41, 5.74) is 1.83. The molecule has 1 saturated heterocycles. The number of nitrogens with zero attached hydrogens (tertiary/aromatic N) is 3. The fourth-order valence-electron chi connectivity index (χ4n) is 3.80. The van der Waals surface area contributed by atoms with E-state index in [0.717, 1.165) is 49.1 Å². The maximum absolute atomic E-state index is 12.8. The average molecular weight is 376 g/mol. The molecule has 6 heteroatoms. The molecule has 0 bridgehead atoms. The maximum Gasteiger partial charge on any atom is 0.263 e. The molecule has 1 fully saturated rings. The number of carbonyl (C=O) groups is 1. The summed E-state index contributed by atoms with van der Waals surface area (Å²) < 4.78 is 1.54. The van der Waals surface area contributed by atoms with Crippen LogP contribution in [0.1, 0.15) is 28.9 Å². The number of likely N-dealkylation sites (tertiary alicyclic amines) is 1. The van der Waals surface area contributed by atoms with Gasteiger partial charge in [0, 0.05) is 38.9 Å². The number of hydrogen-bond acceptors (Lipinski definition) is 4. The zero-order valence-electron chi connectivity index (χ0n) is 16.0. The molecule has 0 atom stereocenters. The minimum Gasteiger partial charge on any atom is -0.349 e. The third-order valence-electron chi connectivity index (χ3n) is 5.41. The summed E-state index contributed by atoms with van der Waals surface area (Å²) >= 11 is 0. The number of nitrogens with one attached hydrogen (secondary N) is 1. The van der Waals surface area contributed by atoms with E-state index in [1.54, 1.807) is 17.7 Å². The number of amides is 1. The van der Waals surface area contributed by atoms with Crippen LogP contribution in [0.2, 0.25) is 0 Å². The van der Waals surface area contributed by atoms with Crippen LogP contribution in [0.4, 0.5) is 0 Å². The van der Waals surface area contributed by atoms with Crippen LogP contribution in [-0.4, -0.2) is 39.5 Å². The van der Waals surface area contributed by atoms with Crippen molar-refractivity contribution >= 4 is 16.8 Å². The summed E-state index contributed by atoms with van der Waals surface area (Å²) in [4.78, 5) is 32.1. The van der Waals surface area contributed by atoms with E-state index < -0.39 is 0 Å². The number of pyridine rings is 2. The van der Waals surface area contributed by atoms with E-state index in [-0.39, 0.29) is 23.1 Å². The molecule has 0 aliphatic carbocycles. The minimum atomic E-state index is -0.283. The predicted octanol–water partition coefficient (Wildman–Crippen LogP) is 2.33. The van der Waals surface area contributed by atoms with Gasteiger partial charge in [0.15, 0.2) is 0 Å². The lowest BCUT2D eigenvalue weighted by molar-refractivity contribution is 0.0906. The molecule has 1 aliphatic rings. The Bertz CT molecular complexity index is 1040. The zero-order chi connectivity index (χ0) is 19.5. The number of hydrogen-bond donors (Lipinski definition) is 1. The Morgan fingerprint density at radius 2 is 1.89 bits per heavy atom. The monoisotopic (exact) mass is 376 g/mol. The maximum atomic E-state index is 12.8. The first-order valence-electron chi connectivity index (χ1n) is 9.64. The molecule has 1 aliphatic heterocycles. The van der Waals surface area contributed by atoms with Gasteiger partial charge in [0.2, 0.25) is 0 Å². The Balaban J connectivity index is 1.40. The van der Waals surface area contributed by atoms with Gasteiger partial charge in [-0.3, -0.25) is 19.5 Å². The van der Waals surface area contributed by atoms with Crippen molar-refractivity contribution in [2.75, 3.05) is 13.1 Å². The van der Waals surface area contributed by atoms with Gasteiger partial charge in [0.05, 0.1) is 11.2 Å². The minimum absolute atomic E-state index is 0.0867. The summed E-state index contributed by atoms with van der Waals surface area (Å²) in [5, 5.41) is 3.95. The Labute approximate surface area is 163 Å². The Morgan fingerprint density at radius 1 is 1.14 bits per heavy atom. The van der Waals surface area contributed by atoms with E-state index >= 15 is 0 Å². The average Bonchev–Trinajstić information content (AvgIpc) is 2.73. The van der Waals surface area contributed by atoms with Crippen molar-refractivity contribution in [3.8, 4) is 0 Å². The standard InChI is InChI=1S/C22H24N4O2/c1-25-20-8-3-2-6-16(20)14-19(22(25)28)21(27)24-17-9-12-26(13-10-17)15-18-7-4-5-11-23-18/h2-8,11,14,17H,9-10,12-13,15H2,1H3,(H,24,27). The summed E-state index contributed by atoms with van der Waals surface area (Å²) in [5.74, 6) is -0.283. The number of carbonyl (C=O) groups excluding carboxylic acids is 1. The molecule has 1 N–H and O–H groups in total. The molecule has 0 spiro atoms. The molecule has 0 unspecified atom stereocenters. The quantitative estimate of drug-likeness (QED) is 0.759. The molecule has 0 radical (unpaired) electrons. The van der Waals surface area contributed by atoms with Gasteiger partial charge < -0.3 is 9.88 Å². The molecule has 3 heterocycles. The molecule has 144 valence electrons. The number of benzene rings is 1. The fraction of sp³-hybridized carbons (Fsp3) is 0.318. The predicted molar refractivity (Wildman–Crippen MR) is 109 cm³/mol. The van der Waals surface area contributed by atoms with Crippen LogP contribution in [0.3, 0.4) is 0 Å². The van der Waals surface area contributed by atoms with Crippen LogP contribution in [0.25, 0.3) is 10.9 Å². The van der Waals surface area contributed by atoms with Crippen molar-refractivity contribution in [3.63, 3.8) is 0 Å². The first-order valence-corrected chi connectivity index (χ1v) is 9.64. The van der Waals surface area contributed by atoms with E-state index in [0.29, 0.717) is 0 Å². The van der Waals surface area contributed by atoms with Gasteiger partial charge in [-0.25, -0.2) is 0 Å². The lowest BCUT2D eigenvalue weighted by Crippen LogP contribution is -2.45. The summed E-state index contributed by atoms with van der Waals surface area (Å²) in [7, 11) is 1.71. The molecule has 28 heavy (non-hydrogen) atoms. The lowest BCUT2D eigenvalue weighted by atomic mass is 10.0. The largest absolute Gasteiger partial charge is 0.349 e. The third-order valence-corrected chi connectivity index (χ3v) is 5.41. The van der Waals surface area contributed by atoms with Crippen LogP contribution in [-0.2, 0) is 13.6 Å². The highest BCUT2D eigenvalue weighted by atomic mass is 16.2. The molecule has 1 aromatic carbocycles. The number of piperidine rings is 1. The Hall–Kier alpha value is -2.99. The smallest absolute Gasteiger partial charge is 0.263 e. The molecule has 6 nitrogen and oxygen atoms in total. The first-order chi connectivity index (χ1) is 13.6. The van der Waals surface area contributed by atoms with E-state index in [1.165, 1.54) is 0 Å². The molecule has 1 amide bonds. The highest BCUT2D eigenvalue weighted by Crippen LogP contribution is 2.15. The third kappa shape index (κ3) is 3.82. The lowest BCUT2D eigenvalue weighted by Gasteiger charge is -2.32.